The fraction of sp³-hybridized carbons (Fsp3) is 0.588. The Balaban J connectivity index is 1.60. The second-order valence-electron chi connectivity index (χ2n) is 5.78. The minimum atomic E-state index is -0.705. The summed E-state index contributed by atoms with van der Waals surface area (Å²) in [7, 11) is 0. The van der Waals surface area contributed by atoms with E-state index in [0.29, 0.717) is 12.6 Å². The van der Waals surface area contributed by atoms with Crippen LogP contribution in [0.25, 0.3) is 0 Å². The summed E-state index contributed by atoms with van der Waals surface area (Å²) in [6, 6.07) is 8.72. The van der Waals surface area contributed by atoms with Crippen molar-refractivity contribution in [3.63, 3.8) is 0 Å². The van der Waals surface area contributed by atoms with Crippen LogP contribution in [0.4, 0.5) is 0 Å². The Labute approximate surface area is 126 Å². The summed E-state index contributed by atoms with van der Waals surface area (Å²) in [5.74, 6) is 0.225. The predicted octanol–water partition coefficient (Wildman–Crippen LogP) is 3.09. The zero-order chi connectivity index (χ0) is 15.1. The van der Waals surface area contributed by atoms with Gasteiger partial charge in [-0.3, -0.25) is 9.69 Å². The van der Waals surface area contributed by atoms with Crippen molar-refractivity contribution in [1.82, 2.24) is 4.90 Å². The molecule has 1 aliphatic rings. The number of rotatable bonds is 10. The largest absolute Gasteiger partial charge is 0.494 e. The molecule has 1 aromatic rings. The summed E-state index contributed by atoms with van der Waals surface area (Å²) in [4.78, 5) is 13.0. The van der Waals surface area contributed by atoms with Gasteiger partial charge in [-0.2, -0.15) is 0 Å². The molecule has 4 heteroatoms. The first-order valence-corrected chi connectivity index (χ1v) is 7.80. The molecule has 0 saturated heterocycles. The van der Waals surface area contributed by atoms with Crippen LogP contribution in [0.1, 0.15) is 37.7 Å². The second kappa shape index (κ2) is 8.03. The van der Waals surface area contributed by atoms with Gasteiger partial charge in [-0.25, -0.2) is 0 Å². The van der Waals surface area contributed by atoms with Crippen LogP contribution in [0.5, 0.6) is 5.75 Å². The average molecular weight is 291 g/mol. The lowest BCUT2D eigenvalue weighted by atomic mass is 10.2. The quantitative estimate of drug-likeness (QED) is 0.673. The van der Waals surface area contributed by atoms with Gasteiger partial charge in [-0.15, -0.1) is 0 Å². The molecule has 0 bridgehead atoms. The van der Waals surface area contributed by atoms with E-state index in [1.807, 2.05) is 18.2 Å². The minimum absolute atomic E-state index is 0.246. The summed E-state index contributed by atoms with van der Waals surface area (Å²) in [5.41, 5.74) is 1.21. The minimum Gasteiger partial charge on any atom is -0.494 e. The van der Waals surface area contributed by atoms with Gasteiger partial charge >= 0.3 is 5.97 Å². The number of benzene rings is 1. The SMILES string of the molecule is Cc1cccc(OCCCCN(CCC(=O)O)C2CC2)c1. The van der Waals surface area contributed by atoms with Crippen molar-refractivity contribution in [2.24, 2.45) is 0 Å². The van der Waals surface area contributed by atoms with Crippen LogP contribution >= 0.6 is 0 Å². The zero-order valence-corrected chi connectivity index (χ0v) is 12.8. The van der Waals surface area contributed by atoms with Crippen LogP contribution in [-0.2, 0) is 4.79 Å². The molecule has 0 radical (unpaired) electrons. The number of hydrogen-bond acceptors (Lipinski definition) is 3. The van der Waals surface area contributed by atoms with Gasteiger partial charge in [-0.05, 0) is 56.8 Å². The number of hydrogen-bond donors (Lipinski definition) is 1. The molecule has 1 N–H and O–H groups in total. The lowest BCUT2D eigenvalue weighted by Gasteiger charge is -2.20. The van der Waals surface area contributed by atoms with E-state index in [2.05, 4.69) is 17.9 Å². The van der Waals surface area contributed by atoms with Gasteiger partial charge in [0.25, 0.3) is 0 Å². The Kier molecular flexibility index (Phi) is 6.05. The van der Waals surface area contributed by atoms with Crippen molar-refractivity contribution in [3.05, 3.63) is 29.8 Å². The van der Waals surface area contributed by atoms with Gasteiger partial charge in [0.15, 0.2) is 0 Å². The molecule has 1 aliphatic carbocycles. The lowest BCUT2D eigenvalue weighted by molar-refractivity contribution is -0.137. The van der Waals surface area contributed by atoms with Crippen molar-refractivity contribution < 1.29 is 14.6 Å². The zero-order valence-electron chi connectivity index (χ0n) is 12.8. The Bertz CT molecular complexity index is 457. The number of carbonyl (C=O) groups is 1. The van der Waals surface area contributed by atoms with Crippen LogP contribution < -0.4 is 4.74 Å². The lowest BCUT2D eigenvalue weighted by Crippen LogP contribution is -2.29. The van der Waals surface area contributed by atoms with E-state index in [1.165, 1.54) is 18.4 Å². The number of carboxylic acids is 1. The molecule has 0 amide bonds. The smallest absolute Gasteiger partial charge is 0.304 e. The molecule has 1 aromatic carbocycles. The normalized spacial score (nSPS) is 14.4. The van der Waals surface area contributed by atoms with E-state index < -0.39 is 5.97 Å². The van der Waals surface area contributed by atoms with E-state index in [4.69, 9.17) is 9.84 Å². The highest BCUT2D eigenvalue weighted by molar-refractivity contribution is 5.66. The first-order chi connectivity index (χ1) is 10.1. The number of aryl methyl sites for hydroxylation is 1. The van der Waals surface area contributed by atoms with Gasteiger partial charge in [0.1, 0.15) is 5.75 Å². The van der Waals surface area contributed by atoms with Gasteiger partial charge in [0, 0.05) is 12.6 Å². The van der Waals surface area contributed by atoms with E-state index >= 15 is 0 Å². The maximum atomic E-state index is 10.7. The highest BCUT2D eigenvalue weighted by Crippen LogP contribution is 2.27. The summed E-state index contributed by atoms with van der Waals surface area (Å²) in [5, 5.41) is 8.78. The van der Waals surface area contributed by atoms with Crippen LogP contribution in [0.2, 0.25) is 0 Å². The predicted molar refractivity (Wildman–Crippen MR) is 82.8 cm³/mol. The molecular weight excluding hydrogens is 266 g/mol. The topological polar surface area (TPSA) is 49.8 Å². The van der Waals surface area contributed by atoms with E-state index in [-0.39, 0.29) is 6.42 Å². The number of carboxylic acid groups (broad SMARTS) is 1. The highest BCUT2D eigenvalue weighted by atomic mass is 16.5. The maximum Gasteiger partial charge on any atom is 0.304 e. The van der Waals surface area contributed by atoms with Crippen LogP contribution in [0.15, 0.2) is 24.3 Å². The third-order valence-corrected chi connectivity index (χ3v) is 3.77. The molecule has 1 saturated carbocycles. The Hall–Kier alpha value is -1.55. The number of aliphatic carboxylic acids is 1. The van der Waals surface area contributed by atoms with E-state index in [0.717, 1.165) is 31.7 Å². The fourth-order valence-electron chi connectivity index (χ4n) is 2.47. The molecule has 2 rings (SSSR count). The number of ether oxygens (including phenoxy) is 1. The molecule has 4 nitrogen and oxygen atoms in total. The first-order valence-electron chi connectivity index (χ1n) is 7.80. The maximum absolute atomic E-state index is 10.7. The summed E-state index contributed by atoms with van der Waals surface area (Å²) in [6.45, 7) is 4.44. The Morgan fingerprint density at radius 3 is 2.81 bits per heavy atom. The first kappa shape index (κ1) is 15.8. The third-order valence-electron chi connectivity index (χ3n) is 3.77. The number of nitrogens with zero attached hydrogens (tertiary/aromatic N) is 1. The van der Waals surface area contributed by atoms with Crippen molar-refractivity contribution in [1.29, 1.82) is 0 Å². The Morgan fingerprint density at radius 2 is 2.14 bits per heavy atom. The summed E-state index contributed by atoms with van der Waals surface area (Å²) in [6.07, 6.45) is 4.75. The molecule has 0 spiro atoms. The van der Waals surface area contributed by atoms with E-state index in [9.17, 15) is 4.79 Å². The molecule has 0 heterocycles. The average Bonchev–Trinajstić information content (AvgIpc) is 3.26. The molecule has 0 aromatic heterocycles. The molecule has 1 fully saturated rings. The van der Waals surface area contributed by atoms with Crippen molar-refractivity contribution in [2.75, 3.05) is 19.7 Å². The van der Waals surface area contributed by atoms with Gasteiger partial charge in [-0.1, -0.05) is 12.1 Å². The molecular formula is C17H25NO3. The number of unbranched alkanes of at least 4 members (excludes halogenated alkanes) is 1. The van der Waals surface area contributed by atoms with Crippen molar-refractivity contribution in [3.8, 4) is 5.75 Å². The monoisotopic (exact) mass is 291 g/mol. The van der Waals surface area contributed by atoms with E-state index in [1.54, 1.807) is 0 Å². The summed E-state index contributed by atoms with van der Waals surface area (Å²) < 4.78 is 5.73. The molecule has 116 valence electrons. The standard InChI is InChI=1S/C17H25NO3/c1-14-5-4-6-16(13-14)21-12-3-2-10-18(15-7-8-15)11-9-17(19)20/h4-6,13,15H,2-3,7-12H2,1H3,(H,19,20). The highest BCUT2D eigenvalue weighted by Gasteiger charge is 2.28. The van der Waals surface area contributed by atoms with Crippen LogP contribution in [-0.4, -0.2) is 41.7 Å². The fourth-order valence-corrected chi connectivity index (χ4v) is 2.47. The molecule has 0 aliphatic heterocycles. The molecule has 0 atom stereocenters. The van der Waals surface area contributed by atoms with Crippen LogP contribution in [0, 0.1) is 6.92 Å². The van der Waals surface area contributed by atoms with Crippen molar-refractivity contribution in [2.45, 2.75) is 45.1 Å². The summed E-state index contributed by atoms with van der Waals surface area (Å²) >= 11 is 0. The molecule has 21 heavy (non-hydrogen) atoms. The van der Waals surface area contributed by atoms with Crippen molar-refractivity contribution >= 4 is 5.97 Å². The van der Waals surface area contributed by atoms with Gasteiger partial charge < -0.3 is 9.84 Å². The second-order valence-corrected chi connectivity index (χ2v) is 5.78. The third kappa shape index (κ3) is 6.17. The van der Waals surface area contributed by atoms with Crippen LogP contribution in [0.3, 0.4) is 0 Å². The van der Waals surface area contributed by atoms with Gasteiger partial charge in [0.05, 0.1) is 13.0 Å². The van der Waals surface area contributed by atoms with Gasteiger partial charge in [0.2, 0.25) is 0 Å². The molecule has 0 unspecified atom stereocenters. The Morgan fingerprint density at radius 1 is 1.33 bits per heavy atom.